The summed E-state index contributed by atoms with van der Waals surface area (Å²) in [6, 6.07) is 21.2. The molecule has 2 bridgehead atoms. The predicted octanol–water partition coefficient (Wildman–Crippen LogP) is 4.47. The van der Waals surface area contributed by atoms with Gasteiger partial charge in [-0.05, 0) is 34.4 Å². The lowest BCUT2D eigenvalue weighted by molar-refractivity contribution is -0.392. The van der Waals surface area contributed by atoms with Crippen LogP contribution < -0.4 is 0 Å². The summed E-state index contributed by atoms with van der Waals surface area (Å²) < 4.78 is 0. The van der Waals surface area contributed by atoms with Crippen LogP contribution in [-0.2, 0) is 15.4 Å². The smallest absolute Gasteiger partial charge is 0.151 e. The Balaban J connectivity index is 1.94. The van der Waals surface area contributed by atoms with Crippen LogP contribution >= 0.6 is 0 Å². The third-order valence-electron chi connectivity index (χ3n) is 4.82. The second-order valence-electron chi connectivity index (χ2n) is 5.93. The lowest BCUT2D eigenvalue weighted by Gasteiger charge is -2.45. The molecule has 2 aliphatic heterocycles. The Bertz CT molecular complexity index is 884. The van der Waals surface area contributed by atoms with Gasteiger partial charge in [0, 0.05) is 5.56 Å². The molecule has 0 unspecified atom stereocenters. The van der Waals surface area contributed by atoms with Crippen LogP contribution in [0.4, 0.5) is 0 Å². The molecule has 3 aromatic carbocycles. The Morgan fingerprint density at radius 2 is 1.67 bits per heavy atom. The Kier molecular flexibility index (Phi) is 2.04. The molecule has 0 aromatic heterocycles. The molecule has 3 aromatic rings. The topological polar surface area (TPSA) is 18.5 Å². The van der Waals surface area contributed by atoms with E-state index in [0.717, 1.165) is 0 Å². The van der Waals surface area contributed by atoms with E-state index in [1.807, 2.05) is 0 Å². The van der Waals surface area contributed by atoms with Crippen LogP contribution in [0.2, 0.25) is 0 Å². The van der Waals surface area contributed by atoms with Gasteiger partial charge in [0.2, 0.25) is 0 Å². The van der Waals surface area contributed by atoms with E-state index in [0.29, 0.717) is 0 Å². The fraction of sp³-hybridized carbons (Fsp3) is 0.158. The number of hydrogen-bond acceptors (Lipinski definition) is 2. The zero-order chi connectivity index (χ0) is 14.0. The molecule has 2 atom stereocenters. The van der Waals surface area contributed by atoms with E-state index in [1.165, 1.54) is 33.0 Å². The minimum absolute atomic E-state index is 0.135. The highest BCUT2D eigenvalue weighted by atomic mass is 17.2. The molecule has 0 amide bonds. The Morgan fingerprint density at radius 1 is 0.857 bits per heavy atom. The maximum absolute atomic E-state index is 5.77. The van der Waals surface area contributed by atoms with Gasteiger partial charge in [0.05, 0.1) is 0 Å². The first kappa shape index (κ1) is 11.5. The summed E-state index contributed by atoms with van der Waals surface area (Å²) >= 11 is 0. The largest absolute Gasteiger partial charge is 0.222 e. The van der Waals surface area contributed by atoms with Crippen LogP contribution in [0.3, 0.4) is 0 Å². The predicted molar refractivity (Wildman–Crippen MR) is 80.9 cm³/mol. The molecule has 0 saturated carbocycles. The van der Waals surface area contributed by atoms with Gasteiger partial charge in [0.25, 0.3) is 0 Å². The van der Waals surface area contributed by atoms with Crippen molar-refractivity contribution in [3.05, 3.63) is 82.9 Å². The van der Waals surface area contributed by atoms with E-state index in [2.05, 4.69) is 67.6 Å². The first-order chi connectivity index (χ1) is 10.3. The van der Waals surface area contributed by atoms with Crippen LogP contribution in [0.5, 0.6) is 0 Å². The van der Waals surface area contributed by atoms with Crippen molar-refractivity contribution in [3.63, 3.8) is 0 Å². The van der Waals surface area contributed by atoms with Crippen LogP contribution in [0.15, 0.2) is 60.7 Å². The van der Waals surface area contributed by atoms with Gasteiger partial charge in [-0.1, -0.05) is 60.7 Å². The lowest BCUT2D eigenvalue weighted by Crippen LogP contribution is -2.41. The van der Waals surface area contributed by atoms with E-state index in [4.69, 9.17) is 9.78 Å². The zero-order valence-corrected chi connectivity index (χ0v) is 11.7. The molecular formula is C19H14O2. The van der Waals surface area contributed by atoms with E-state index in [1.54, 1.807) is 0 Å². The van der Waals surface area contributed by atoms with Crippen molar-refractivity contribution in [1.29, 1.82) is 0 Å². The molecular weight excluding hydrogens is 260 g/mol. The first-order valence-electron chi connectivity index (χ1n) is 7.25. The molecule has 0 radical (unpaired) electrons. The van der Waals surface area contributed by atoms with E-state index in [-0.39, 0.29) is 6.10 Å². The number of fused-ring (bicyclic) bond motifs is 2. The summed E-state index contributed by atoms with van der Waals surface area (Å²) in [5, 5.41) is 2.50. The summed E-state index contributed by atoms with van der Waals surface area (Å²) in [7, 11) is 0. The molecule has 21 heavy (non-hydrogen) atoms. The summed E-state index contributed by atoms with van der Waals surface area (Å²) in [5.41, 5.74) is 4.38. The molecule has 2 nitrogen and oxygen atoms in total. The second kappa shape index (κ2) is 3.73. The lowest BCUT2D eigenvalue weighted by atomic mass is 9.72. The molecule has 2 heteroatoms. The average Bonchev–Trinajstić information content (AvgIpc) is 2.55. The average molecular weight is 274 g/mol. The number of benzene rings is 3. The van der Waals surface area contributed by atoms with E-state index in [9.17, 15) is 0 Å². The molecule has 102 valence electrons. The van der Waals surface area contributed by atoms with Crippen molar-refractivity contribution in [1.82, 2.24) is 0 Å². The van der Waals surface area contributed by atoms with Crippen molar-refractivity contribution in [2.45, 2.75) is 18.6 Å². The maximum atomic E-state index is 5.77. The van der Waals surface area contributed by atoms with E-state index < -0.39 is 5.60 Å². The molecule has 2 heterocycles. The number of hydrogen-bond donors (Lipinski definition) is 0. The van der Waals surface area contributed by atoms with Gasteiger partial charge in [-0.15, -0.1) is 0 Å². The monoisotopic (exact) mass is 274 g/mol. The minimum Gasteiger partial charge on any atom is -0.222 e. The minimum atomic E-state index is -0.523. The van der Waals surface area contributed by atoms with Gasteiger partial charge in [-0.25, -0.2) is 9.78 Å². The van der Waals surface area contributed by atoms with Crippen molar-refractivity contribution in [3.8, 4) is 0 Å². The summed E-state index contributed by atoms with van der Waals surface area (Å²) in [4.78, 5) is 11.5. The Hall–Kier alpha value is -2.16. The third kappa shape index (κ3) is 1.29. The Labute approximate surface area is 122 Å². The van der Waals surface area contributed by atoms with E-state index >= 15 is 0 Å². The van der Waals surface area contributed by atoms with Gasteiger partial charge in [-0.2, -0.15) is 0 Å². The molecule has 0 spiro atoms. The third-order valence-corrected chi connectivity index (χ3v) is 4.82. The molecule has 0 saturated heterocycles. The fourth-order valence-electron chi connectivity index (χ4n) is 3.79. The molecule has 0 fully saturated rings. The van der Waals surface area contributed by atoms with Crippen molar-refractivity contribution < 1.29 is 9.78 Å². The van der Waals surface area contributed by atoms with Crippen LogP contribution in [-0.4, -0.2) is 0 Å². The van der Waals surface area contributed by atoms with Crippen LogP contribution in [0.1, 0.15) is 35.3 Å². The highest BCUT2D eigenvalue weighted by Gasteiger charge is 2.49. The molecule has 6 rings (SSSR count). The van der Waals surface area contributed by atoms with Gasteiger partial charge in [0.15, 0.2) is 5.60 Å². The van der Waals surface area contributed by atoms with Crippen molar-refractivity contribution in [2.75, 3.05) is 0 Å². The summed E-state index contributed by atoms with van der Waals surface area (Å²) in [5.74, 6) is 0. The fourth-order valence-corrected chi connectivity index (χ4v) is 3.79. The van der Waals surface area contributed by atoms with Gasteiger partial charge in [-0.3, -0.25) is 0 Å². The molecule has 0 N–H and O–H groups in total. The van der Waals surface area contributed by atoms with Crippen molar-refractivity contribution in [2.24, 2.45) is 0 Å². The second-order valence-corrected chi connectivity index (χ2v) is 5.93. The Morgan fingerprint density at radius 3 is 2.62 bits per heavy atom. The SMILES string of the molecule is C[C@@]12OO[C@@H](c3ccccc31)c1c2ccc2ccccc12. The highest BCUT2D eigenvalue weighted by Crippen LogP contribution is 2.54. The standard InChI is InChI=1S/C19H14O2/c1-19-15-9-5-4-8-14(15)18(20-21-19)17-13-7-3-2-6-12(13)10-11-16(17)19/h2-11,18H,1H3/t18-,19+/m0/s1. The first-order valence-corrected chi connectivity index (χ1v) is 7.25. The summed E-state index contributed by atoms with van der Waals surface area (Å²) in [6.45, 7) is 2.09. The maximum Gasteiger partial charge on any atom is 0.151 e. The van der Waals surface area contributed by atoms with Crippen molar-refractivity contribution >= 4 is 10.8 Å². The quantitative estimate of drug-likeness (QED) is 0.563. The van der Waals surface area contributed by atoms with Gasteiger partial charge in [0.1, 0.15) is 6.10 Å². The highest BCUT2D eigenvalue weighted by molar-refractivity contribution is 5.89. The normalized spacial score (nSPS) is 25.7. The number of rotatable bonds is 0. The van der Waals surface area contributed by atoms with Crippen LogP contribution in [0.25, 0.3) is 10.8 Å². The van der Waals surface area contributed by atoms with Gasteiger partial charge >= 0.3 is 0 Å². The molecule has 1 aliphatic carbocycles. The zero-order valence-electron chi connectivity index (χ0n) is 11.7. The van der Waals surface area contributed by atoms with Crippen LogP contribution in [0, 0.1) is 0 Å². The summed E-state index contributed by atoms with van der Waals surface area (Å²) in [6.07, 6.45) is -0.135. The van der Waals surface area contributed by atoms with Gasteiger partial charge < -0.3 is 0 Å². The molecule has 3 aliphatic rings.